The van der Waals surface area contributed by atoms with Gasteiger partial charge >= 0.3 is 5.97 Å². The van der Waals surface area contributed by atoms with E-state index >= 15 is 0 Å². The molecule has 0 saturated carbocycles. The Labute approximate surface area is 137 Å². The maximum absolute atomic E-state index is 11.9. The molecule has 2 heterocycles. The number of fused-ring (bicyclic) bond motifs is 1. The normalized spacial score (nSPS) is 10.5. The molecule has 0 aliphatic carbocycles. The van der Waals surface area contributed by atoms with Crippen molar-refractivity contribution in [3.8, 4) is 5.75 Å². The lowest BCUT2D eigenvalue weighted by Crippen LogP contribution is -2.08. The Morgan fingerprint density at radius 3 is 2.87 bits per heavy atom. The van der Waals surface area contributed by atoms with Crippen molar-refractivity contribution in [1.82, 2.24) is 15.0 Å². The summed E-state index contributed by atoms with van der Waals surface area (Å²) in [4.78, 5) is 23.9. The molecule has 2 aromatic heterocycles. The van der Waals surface area contributed by atoms with Gasteiger partial charge in [-0.1, -0.05) is 11.6 Å². The molecule has 6 nitrogen and oxygen atoms in total. The smallest absolute Gasteiger partial charge is 0.358 e. The van der Waals surface area contributed by atoms with Crippen molar-refractivity contribution in [2.45, 2.75) is 6.61 Å². The quantitative estimate of drug-likeness (QED) is 0.541. The predicted molar refractivity (Wildman–Crippen MR) is 84.5 cm³/mol. The number of pyridine rings is 1. The molecular formula is C16H12ClN3O3. The van der Waals surface area contributed by atoms with Crippen molar-refractivity contribution >= 4 is 28.5 Å². The van der Waals surface area contributed by atoms with E-state index in [2.05, 4.69) is 15.0 Å². The fourth-order valence-electron chi connectivity index (χ4n) is 2.02. The molecule has 0 unspecified atom stereocenters. The molecule has 3 rings (SSSR count). The highest BCUT2D eigenvalue weighted by atomic mass is 35.5. The zero-order valence-electron chi connectivity index (χ0n) is 12.2. The van der Waals surface area contributed by atoms with Crippen LogP contribution in [0.25, 0.3) is 10.9 Å². The molecule has 0 bridgehead atoms. The first-order chi connectivity index (χ1) is 11.2. The van der Waals surface area contributed by atoms with Crippen LogP contribution in [-0.4, -0.2) is 28.0 Å². The van der Waals surface area contributed by atoms with Gasteiger partial charge in [0.25, 0.3) is 0 Å². The van der Waals surface area contributed by atoms with Crippen LogP contribution >= 0.6 is 11.6 Å². The number of esters is 1. The van der Waals surface area contributed by atoms with Gasteiger partial charge in [-0.05, 0) is 18.2 Å². The van der Waals surface area contributed by atoms with Gasteiger partial charge in [-0.15, -0.1) is 0 Å². The number of hydrogen-bond acceptors (Lipinski definition) is 6. The van der Waals surface area contributed by atoms with Crippen LogP contribution in [0.3, 0.4) is 0 Å². The molecule has 7 heteroatoms. The first-order valence-electron chi connectivity index (χ1n) is 6.73. The highest BCUT2D eigenvalue weighted by Crippen LogP contribution is 2.24. The van der Waals surface area contributed by atoms with Crippen molar-refractivity contribution in [3.05, 3.63) is 59.3 Å². The average Bonchev–Trinajstić information content (AvgIpc) is 2.60. The van der Waals surface area contributed by atoms with Gasteiger partial charge in [-0.2, -0.15) is 0 Å². The minimum Gasteiger partial charge on any atom is -0.497 e. The summed E-state index contributed by atoms with van der Waals surface area (Å²) in [5.74, 6) is 0.131. The standard InChI is InChI=1S/C16H12ClN3O3/c1-22-12-3-2-10-6-11(15(17)20-13(10)7-12)9-23-16(21)14-8-18-4-5-19-14/h2-8H,9H2,1H3. The summed E-state index contributed by atoms with van der Waals surface area (Å²) in [5.41, 5.74) is 1.46. The van der Waals surface area contributed by atoms with Crippen LogP contribution in [0.15, 0.2) is 42.9 Å². The number of rotatable bonds is 4. The largest absolute Gasteiger partial charge is 0.497 e. The first kappa shape index (κ1) is 15.2. The molecular weight excluding hydrogens is 318 g/mol. The molecule has 0 aliphatic heterocycles. The average molecular weight is 330 g/mol. The van der Waals surface area contributed by atoms with E-state index in [1.807, 2.05) is 18.2 Å². The van der Waals surface area contributed by atoms with Crippen molar-refractivity contribution in [2.75, 3.05) is 7.11 Å². The number of nitrogens with zero attached hydrogens (tertiary/aromatic N) is 3. The molecule has 0 saturated heterocycles. The Kier molecular flexibility index (Phi) is 4.34. The Balaban J connectivity index is 1.80. The van der Waals surface area contributed by atoms with Gasteiger partial charge in [0.2, 0.25) is 0 Å². The monoisotopic (exact) mass is 329 g/mol. The number of ether oxygens (including phenoxy) is 2. The van der Waals surface area contributed by atoms with Crippen LogP contribution in [-0.2, 0) is 11.3 Å². The van der Waals surface area contributed by atoms with Crippen LogP contribution in [0.5, 0.6) is 5.75 Å². The fourth-order valence-corrected chi connectivity index (χ4v) is 2.22. The summed E-state index contributed by atoms with van der Waals surface area (Å²) in [7, 11) is 1.59. The molecule has 116 valence electrons. The highest BCUT2D eigenvalue weighted by Gasteiger charge is 2.12. The SMILES string of the molecule is COc1ccc2cc(COC(=O)c3cnccn3)c(Cl)nc2c1. The summed E-state index contributed by atoms with van der Waals surface area (Å²) in [6.45, 7) is 0.00318. The maximum atomic E-state index is 11.9. The van der Waals surface area contributed by atoms with E-state index in [1.54, 1.807) is 13.2 Å². The molecule has 0 radical (unpaired) electrons. The molecule has 0 aliphatic rings. The van der Waals surface area contributed by atoms with E-state index in [4.69, 9.17) is 21.1 Å². The van der Waals surface area contributed by atoms with E-state index in [9.17, 15) is 4.79 Å². The highest BCUT2D eigenvalue weighted by molar-refractivity contribution is 6.30. The Morgan fingerprint density at radius 2 is 2.13 bits per heavy atom. The molecule has 0 atom stereocenters. The topological polar surface area (TPSA) is 74.2 Å². The van der Waals surface area contributed by atoms with Gasteiger partial charge < -0.3 is 9.47 Å². The molecule has 0 N–H and O–H groups in total. The van der Waals surface area contributed by atoms with Crippen molar-refractivity contribution in [1.29, 1.82) is 0 Å². The second kappa shape index (κ2) is 6.58. The van der Waals surface area contributed by atoms with Crippen molar-refractivity contribution < 1.29 is 14.3 Å². The second-order valence-corrected chi connectivity index (χ2v) is 5.02. The third-order valence-corrected chi connectivity index (χ3v) is 3.51. The lowest BCUT2D eigenvalue weighted by molar-refractivity contribution is 0.0465. The van der Waals surface area contributed by atoms with E-state index < -0.39 is 5.97 Å². The summed E-state index contributed by atoms with van der Waals surface area (Å²) in [6.07, 6.45) is 4.25. The number of carbonyl (C=O) groups excluding carboxylic acids is 1. The van der Waals surface area contributed by atoms with Crippen molar-refractivity contribution in [3.63, 3.8) is 0 Å². The molecule has 3 aromatic rings. The van der Waals surface area contributed by atoms with Crippen molar-refractivity contribution in [2.24, 2.45) is 0 Å². The van der Waals surface area contributed by atoms with Crippen LogP contribution in [0.2, 0.25) is 5.15 Å². The molecule has 0 fully saturated rings. The third kappa shape index (κ3) is 3.37. The van der Waals surface area contributed by atoms with Gasteiger partial charge in [-0.25, -0.2) is 14.8 Å². The van der Waals surface area contributed by atoms with Gasteiger partial charge in [0.05, 0.1) is 18.8 Å². The van der Waals surface area contributed by atoms with Crippen LogP contribution in [0.1, 0.15) is 16.1 Å². The van der Waals surface area contributed by atoms with E-state index in [0.717, 1.165) is 5.39 Å². The second-order valence-electron chi connectivity index (χ2n) is 4.66. The van der Waals surface area contributed by atoms with Gasteiger partial charge in [-0.3, -0.25) is 4.98 Å². The lowest BCUT2D eigenvalue weighted by atomic mass is 10.1. The predicted octanol–water partition coefficient (Wildman–Crippen LogP) is 3.04. The number of carbonyl (C=O) groups is 1. The number of benzene rings is 1. The Morgan fingerprint density at radius 1 is 1.26 bits per heavy atom. The number of methoxy groups -OCH3 is 1. The maximum Gasteiger partial charge on any atom is 0.358 e. The zero-order chi connectivity index (χ0) is 16.2. The minimum atomic E-state index is -0.566. The summed E-state index contributed by atoms with van der Waals surface area (Å²) < 4.78 is 10.4. The Hall–Kier alpha value is -2.73. The molecule has 1 aromatic carbocycles. The van der Waals surface area contributed by atoms with Crippen LogP contribution in [0, 0.1) is 0 Å². The third-order valence-electron chi connectivity index (χ3n) is 3.18. The zero-order valence-corrected chi connectivity index (χ0v) is 12.9. The molecule has 0 amide bonds. The summed E-state index contributed by atoms with van der Waals surface area (Å²) in [5, 5.41) is 1.15. The lowest BCUT2D eigenvalue weighted by Gasteiger charge is -2.08. The Bertz CT molecular complexity index is 856. The molecule has 0 spiro atoms. The summed E-state index contributed by atoms with van der Waals surface area (Å²) >= 11 is 6.16. The van der Waals surface area contributed by atoms with Crippen LogP contribution in [0.4, 0.5) is 0 Å². The van der Waals surface area contributed by atoms with Gasteiger partial charge in [0.1, 0.15) is 17.5 Å². The number of hydrogen-bond donors (Lipinski definition) is 0. The number of aromatic nitrogens is 3. The van der Waals surface area contributed by atoms with Crippen LogP contribution < -0.4 is 4.74 Å². The minimum absolute atomic E-state index is 0.00318. The first-order valence-corrected chi connectivity index (χ1v) is 7.11. The van der Waals surface area contributed by atoms with E-state index in [-0.39, 0.29) is 17.5 Å². The molecule has 23 heavy (non-hydrogen) atoms. The van der Waals surface area contributed by atoms with E-state index in [1.165, 1.54) is 18.6 Å². The van der Waals surface area contributed by atoms with Gasteiger partial charge in [0, 0.05) is 29.4 Å². The van der Waals surface area contributed by atoms with Gasteiger partial charge in [0.15, 0.2) is 5.69 Å². The summed E-state index contributed by atoms with van der Waals surface area (Å²) in [6, 6.07) is 7.31. The van der Waals surface area contributed by atoms with E-state index in [0.29, 0.717) is 16.8 Å². The fraction of sp³-hybridized carbons (Fsp3) is 0.125. The number of halogens is 1.